The maximum Gasteiger partial charge on any atom is 0.128 e. The van der Waals surface area contributed by atoms with Gasteiger partial charge in [0.05, 0.1) is 12.1 Å². The van der Waals surface area contributed by atoms with Gasteiger partial charge in [0.15, 0.2) is 0 Å². The fourth-order valence-corrected chi connectivity index (χ4v) is 7.05. The molecule has 0 aliphatic heterocycles. The molecule has 2 atom stereocenters. The summed E-state index contributed by atoms with van der Waals surface area (Å²) in [7, 11) is 0. The number of nitrogens with zero attached hydrogens (tertiary/aromatic N) is 2. The van der Waals surface area contributed by atoms with Crippen LogP contribution in [-0.4, -0.2) is 34.7 Å². The van der Waals surface area contributed by atoms with Gasteiger partial charge in [0.1, 0.15) is 11.5 Å². The van der Waals surface area contributed by atoms with Crippen molar-refractivity contribution in [2.24, 2.45) is 9.98 Å². The first kappa shape index (κ1) is 30.2. The number of phenolic OH excluding ortho intramolecular Hbond substituents is 2. The Kier molecular flexibility index (Phi) is 8.77. The molecule has 5 rings (SSSR count). The van der Waals surface area contributed by atoms with E-state index in [4.69, 9.17) is 9.98 Å². The summed E-state index contributed by atoms with van der Waals surface area (Å²) in [5, 5.41) is 26.7. The summed E-state index contributed by atoms with van der Waals surface area (Å²) in [6.07, 6.45) is 7.82. The lowest BCUT2D eigenvalue weighted by atomic mass is 9.84. The molecule has 2 heterocycles. The van der Waals surface area contributed by atoms with E-state index in [1.165, 1.54) is 9.75 Å². The molecular formula is C36H42N2O2S2. The molecule has 0 amide bonds. The number of aromatic hydroxyl groups is 2. The van der Waals surface area contributed by atoms with Crippen LogP contribution in [0.2, 0.25) is 0 Å². The summed E-state index contributed by atoms with van der Waals surface area (Å²) in [6, 6.07) is 16.7. The molecule has 0 saturated heterocycles. The zero-order valence-electron chi connectivity index (χ0n) is 25.5. The third-order valence-corrected chi connectivity index (χ3v) is 9.85. The highest BCUT2D eigenvalue weighted by Gasteiger charge is 2.26. The van der Waals surface area contributed by atoms with Crippen LogP contribution in [0.5, 0.6) is 11.5 Å². The second-order valence-corrected chi connectivity index (χ2v) is 15.2. The number of benzene rings is 2. The van der Waals surface area contributed by atoms with Crippen molar-refractivity contribution in [1.29, 1.82) is 0 Å². The van der Waals surface area contributed by atoms with Gasteiger partial charge in [0, 0.05) is 44.4 Å². The van der Waals surface area contributed by atoms with E-state index in [9.17, 15) is 10.2 Å². The number of thiophene rings is 2. The van der Waals surface area contributed by atoms with E-state index in [2.05, 4.69) is 88.7 Å². The van der Waals surface area contributed by atoms with Gasteiger partial charge in [-0.15, -0.1) is 22.7 Å². The van der Waals surface area contributed by atoms with E-state index in [-0.39, 0.29) is 22.9 Å². The first-order valence-electron chi connectivity index (χ1n) is 14.8. The van der Waals surface area contributed by atoms with E-state index in [1.54, 1.807) is 22.7 Å². The zero-order chi connectivity index (χ0) is 30.1. The Morgan fingerprint density at radius 2 is 1.07 bits per heavy atom. The highest BCUT2D eigenvalue weighted by molar-refractivity contribution is 7.13. The van der Waals surface area contributed by atoms with Gasteiger partial charge in [-0.2, -0.15) is 0 Å². The van der Waals surface area contributed by atoms with Gasteiger partial charge in [-0.05, 0) is 82.0 Å². The quantitative estimate of drug-likeness (QED) is 0.217. The molecule has 0 radical (unpaired) electrons. The van der Waals surface area contributed by atoms with Gasteiger partial charge in [-0.3, -0.25) is 9.98 Å². The second kappa shape index (κ2) is 12.2. The maximum absolute atomic E-state index is 11.3. The number of rotatable bonds is 6. The molecule has 6 heteroatoms. The van der Waals surface area contributed by atoms with Gasteiger partial charge < -0.3 is 10.2 Å². The van der Waals surface area contributed by atoms with Crippen LogP contribution in [0, 0.1) is 0 Å². The average Bonchev–Trinajstić information content (AvgIpc) is 3.66. The van der Waals surface area contributed by atoms with Crippen LogP contribution < -0.4 is 0 Å². The Bertz CT molecular complexity index is 1450. The van der Waals surface area contributed by atoms with E-state index in [0.29, 0.717) is 11.5 Å². The molecule has 1 aliphatic rings. The van der Waals surface area contributed by atoms with Crippen molar-refractivity contribution in [2.75, 3.05) is 0 Å². The van der Waals surface area contributed by atoms with Gasteiger partial charge in [-0.25, -0.2) is 0 Å². The number of hydrogen-bond acceptors (Lipinski definition) is 6. The Morgan fingerprint density at radius 3 is 1.40 bits per heavy atom. The molecule has 0 bridgehead atoms. The van der Waals surface area contributed by atoms with Crippen LogP contribution in [0.4, 0.5) is 0 Å². The smallest absolute Gasteiger partial charge is 0.128 e. The highest BCUT2D eigenvalue weighted by atomic mass is 32.1. The number of phenols is 2. The minimum atomic E-state index is -0.205. The summed E-state index contributed by atoms with van der Waals surface area (Å²) < 4.78 is 0. The minimum absolute atomic E-state index is 0.0163. The highest BCUT2D eigenvalue weighted by Crippen LogP contribution is 2.40. The first-order chi connectivity index (χ1) is 19.9. The molecule has 4 nitrogen and oxygen atoms in total. The molecule has 2 aromatic heterocycles. The Hall–Kier alpha value is -3.22. The molecule has 1 saturated carbocycles. The van der Waals surface area contributed by atoms with E-state index in [0.717, 1.165) is 59.1 Å². The maximum atomic E-state index is 11.3. The fourth-order valence-electron chi connectivity index (χ4n) is 5.62. The molecule has 42 heavy (non-hydrogen) atoms. The second-order valence-electron chi connectivity index (χ2n) is 13.4. The van der Waals surface area contributed by atoms with E-state index in [1.807, 2.05) is 24.6 Å². The summed E-state index contributed by atoms with van der Waals surface area (Å²) in [6.45, 7) is 12.8. The molecule has 2 aromatic carbocycles. The Labute approximate surface area is 258 Å². The Balaban J connectivity index is 1.47. The zero-order valence-corrected chi connectivity index (χ0v) is 27.1. The van der Waals surface area contributed by atoms with E-state index < -0.39 is 0 Å². The molecular weight excluding hydrogens is 557 g/mol. The van der Waals surface area contributed by atoms with Crippen molar-refractivity contribution in [3.8, 4) is 32.4 Å². The van der Waals surface area contributed by atoms with Crippen LogP contribution in [0.25, 0.3) is 20.9 Å². The minimum Gasteiger partial charge on any atom is -0.507 e. The average molecular weight is 599 g/mol. The normalized spacial score (nSPS) is 18.3. The van der Waals surface area contributed by atoms with Crippen molar-refractivity contribution in [3.63, 3.8) is 0 Å². The Morgan fingerprint density at radius 1 is 0.667 bits per heavy atom. The molecule has 0 spiro atoms. The summed E-state index contributed by atoms with van der Waals surface area (Å²) in [5.74, 6) is 0.597. The van der Waals surface area contributed by atoms with Crippen molar-refractivity contribution in [2.45, 2.75) is 90.1 Å². The van der Waals surface area contributed by atoms with Crippen LogP contribution in [0.3, 0.4) is 0 Å². The van der Waals surface area contributed by atoms with Gasteiger partial charge >= 0.3 is 0 Å². The molecule has 0 unspecified atom stereocenters. The van der Waals surface area contributed by atoms with Crippen LogP contribution in [0.15, 0.2) is 69.3 Å². The standard InChI is InChI=1S/C36H42N2O2S2/c1-35(2,3)27-19-23(31-13-9-15-41-31)17-25(33(27)39)21-37-29-11-7-8-12-30(29)38-22-26-18-24(32-14-10-16-42-32)20-28(34(26)40)36(4,5)6/h9-10,13-22,29-30,39-40H,7-8,11-12H2,1-6H3/t29-,30-/m1/s1. The third kappa shape index (κ3) is 6.71. The monoisotopic (exact) mass is 598 g/mol. The topological polar surface area (TPSA) is 65.2 Å². The number of hydrogen-bond donors (Lipinski definition) is 2. The summed E-state index contributed by atoms with van der Waals surface area (Å²) in [4.78, 5) is 12.4. The summed E-state index contributed by atoms with van der Waals surface area (Å²) >= 11 is 3.40. The largest absolute Gasteiger partial charge is 0.507 e. The molecule has 1 fully saturated rings. The predicted octanol–water partition coefficient (Wildman–Crippen LogP) is 10.00. The number of aliphatic imine (C=N–C) groups is 2. The van der Waals surface area contributed by atoms with Gasteiger partial charge in [0.25, 0.3) is 0 Å². The van der Waals surface area contributed by atoms with Crippen LogP contribution in [0.1, 0.15) is 89.5 Å². The third-order valence-electron chi connectivity index (χ3n) is 8.01. The van der Waals surface area contributed by atoms with Crippen LogP contribution >= 0.6 is 22.7 Å². The lowest BCUT2D eigenvalue weighted by Gasteiger charge is -2.26. The SMILES string of the molecule is CC(C)(C)c1cc(-c2cccs2)cc(C=N[C@@H]2CCCC[C@H]2N=Cc2cc(-c3cccs3)cc(C(C)(C)C)c2O)c1O. The molecule has 4 aromatic rings. The van der Waals surface area contributed by atoms with Crippen molar-refractivity contribution in [1.82, 2.24) is 0 Å². The van der Waals surface area contributed by atoms with Gasteiger partial charge in [-0.1, -0.05) is 66.5 Å². The lowest BCUT2D eigenvalue weighted by Crippen LogP contribution is -2.27. The van der Waals surface area contributed by atoms with Crippen molar-refractivity contribution in [3.05, 3.63) is 81.5 Å². The molecule has 1 aliphatic carbocycles. The van der Waals surface area contributed by atoms with Gasteiger partial charge in [0.2, 0.25) is 0 Å². The molecule has 2 N–H and O–H groups in total. The lowest BCUT2D eigenvalue weighted by molar-refractivity contribution is 0.390. The fraction of sp³-hybridized carbons (Fsp3) is 0.389. The van der Waals surface area contributed by atoms with Crippen molar-refractivity contribution >= 4 is 35.1 Å². The molecule has 220 valence electrons. The summed E-state index contributed by atoms with van der Waals surface area (Å²) in [5.41, 5.74) is 5.12. The van der Waals surface area contributed by atoms with Crippen LogP contribution in [-0.2, 0) is 10.8 Å². The first-order valence-corrected chi connectivity index (χ1v) is 16.6. The predicted molar refractivity (Wildman–Crippen MR) is 181 cm³/mol. The van der Waals surface area contributed by atoms with Crippen molar-refractivity contribution < 1.29 is 10.2 Å². The van der Waals surface area contributed by atoms with E-state index >= 15 is 0 Å².